The minimum absolute atomic E-state index is 0.0224. The average Bonchev–Trinajstić information content (AvgIpc) is 3.16. The highest BCUT2D eigenvalue weighted by atomic mass is 16.5. The largest absolute Gasteiger partial charge is 0.497 e. The van der Waals surface area contributed by atoms with E-state index in [1.807, 2.05) is 29.2 Å². The highest BCUT2D eigenvalue weighted by Gasteiger charge is 2.38. The van der Waals surface area contributed by atoms with Crippen molar-refractivity contribution >= 4 is 17.5 Å². The van der Waals surface area contributed by atoms with Gasteiger partial charge in [0.2, 0.25) is 17.7 Å². The van der Waals surface area contributed by atoms with Gasteiger partial charge in [0, 0.05) is 63.0 Å². The number of methoxy groups -OCH3 is 1. The molecule has 1 aromatic heterocycles. The van der Waals surface area contributed by atoms with Crippen LogP contribution in [0.5, 0.6) is 11.6 Å². The number of hydrogen-bond acceptors (Lipinski definition) is 6. The number of rotatable bonds is 5. The van der Waals surface area contributed by atoms with Crippen molar-refractivity contribution in [2.75, 3.05) is 31.6 Å². The maximum Gasteiger partial charge on any atom is 0.232 e. The van der Waals surface area contributed by atoms with Gasteiger partial charge in [-0.1, -0.05) is 6.07 Å². The molecule has 0 bridgehead atoms. The Kier molecular flexibility index (Phi) is 5.59. The number of anilines is 1. The van der Waals surface area contributed by atoms with E-state index in [0.717, 1.165) is 18.5 Å². The van der Waals surface area contributed by atoms with E-state index >= 15 is 0 Å². The van der Waals surface area contributed by atoms with E-state index in [1.165, 1.54) is 0 Å². The molecule has 29 heavy (non-hydrogen) atoms. The van der Waals surface area contributed by atoms with Crippen LogP contribution in [0.1, 0.15) is 19.3 Å². The summed E-state index contributed by atoms with van der Waals surface area (Å²) in [5.74, 6) is 0.896. The van der Waals surface area contributed by atoms with E-state index in [-0.39, 0.29) is 30.3 Å². The average molecular weight is 396 g/mol. The zero-order valence-electron chi connectivity index (χ0n) is 16.4. The number of benzene rings is 1. The fraction of sp³-hybridized carbons (Fsp3) is 0.429. The van der Waals surface area contributed by atoms with Crippen molar-refractivity contribution in [2.45, 2.75) is 25.4 Å². The topological polar surface area (TPSA) is 84.9 Å². The lowest BCUT2D eigenvalue weighted by molar-refractivity contribution is -0.137. The number of nitrogens with zero attached hydrogens (tertiary/aromatic N) is 4. The van der Waals surface area contributed by atoms with E-state index in [0.29, 0.717) is 31.3 Å². The van der Waals surface area contributed by atoms with Gasteiger partial charge in [0.1, 0.15) is 11.9 Å². The number of carbonyl (C=O) groups is 2. The van der Waals surface area contributed by atoms with Crippen LogP contribution in [0.25, 0.3) is 0 Å². The first kappa shape index (κ1) is 19.2. The monoisotopic (exact) mass is 396 g/mol. The van der Waals surface area contributed by atoms with Crippen LogP contribution >= 0.6 is 0 Å². The Morgan fingerprint density at radius 1 is 1.21 bits per heavy atom. The number of amides is 2. The Morgan fingerprint density at radius 2 is 2.03 bits per heavy atom. The van der Waals surface area contributed by atoms with Crippen molar-refractivity contribution in [3.63, 3.8) is 0 Å². The fourth-order valence-electron chi connectivity index (χ4n) is 3.87. The third-order valence-electron chi connectivity index (χ3n) is 5.42. The number of carbonyl (C=O) groups excluding carboxylic acids is 2. The summed E-state index contributed by atoms with van der Waals surface area (Å²) in [4.78, 5) is 37.1. The van der Waals surface area contributed by atoms with Gasteiger partial charge >= 0.3 is 0 Å². The molecular weight excluding hydrogens is 372 g/mol. The second-order valence-corrected chi connectivity index (χ2v) is 7.29. The van der Waals surface area contributed by atoms with Gasteiger partial charge in [-0.05, 0) is 12.1 Å². The van der Waals surface area contributed by atoms with E-state index in [9.17, 15) is 9.59 Å². The van der Waals surface area contributed by atoms with Crippen molar-refractivity contribution in [1.82, 2.24) is 14.9 Å². The molecule has 0 saturated carbocycles. The summed E-state index contributed by atoms with van der Waals surface area (Å²) < 4.78 is 11.1. The summed E-state index contributed by atoms with van der Waals surface area (Å²) in [5.41, 5.74) is 0.765. The Hall–Kier alpha value is -3.16. The van der Waals surface area contributed by atoms with Crippen molar-refractivity contribution < 1.29 is 19.1 Å². The Bertz CT molecular complexity index is 868. The van der Waals surface area contributed by atoms with Gasteiger partial charge in [0.05, 0.1) is 19.2 Å². The molecule has 152 valence electrons. The zero-order valence-corrected chi connectivity index (χ0v) is 16.4. The van der Waals surface area contributed by atoms with Gasteiger partial charge in [-0.15, -0.1) is 0 Å². The quantitative estimate of drug-likeness (QED) is 0.768. The van der Waals surface area contributed by atoms with E-state index in [4.69, 9.17) is 9.47 Å². The van der Waals surface area contributed by atoms with Gasteiger partial charge < -0.3 is 19.3 Å². The first-order chi connectivity index (χ1) is 14.1. The number of ether oxygens (including phenoxy) is 2. The van der Waals surface area contributed by atoms with E-state index in [2.05, 4.69) is 9.97 Å². The van der Waals surface area contributed by atoms with Crippen LogP contribution in [0.2, 0.25) is 0 Å². The molecule has 1 unspecified atom stereocenters. The molecule has 2 aliphatic heterocycles. The lowest BCUT2D eigenvalue weighted by Gasteiger charge is -2.33. The van der Waals surface area contributed by atoms with Gasteiger partial charge in [-0.2, -0.15) is 0 Å². The first-order valence-corrected chi connectivity index (χ1v) is 9.80. The highest BCUT2D eigenvalue weighted by molar-refractivity contribution is 6.00. The van der Waals surface area contributed by atoms with Crippen LogP contribution in [0.15, 0.2) is 42.9 Å². The summed E-state index contributed by atoms with van der Waals surface area (Å²) >= 11 is 0. The number of aromatic nitrogens is 2. The minimum atomic E-state index is -0.314. The van der Waals surface area contributed by atoms with E-state index < -0.39 is 0 Å². The molecule has 2 fully saturated rings. The van der Waals surface area contributed by atoms with Crippen LogP contribution in [0.4, 0.5) is 5.69 Å². The van der Waals surface area contributed by atoms with Gasteiger partial charge in [-0.25, -0.2) is 4.98 Å². The summed E-state index contributed by atoms with van der Waals surface area (Å²) in [6.07, 6.45) is 6.53. The van der Waals surface area contributed by atoms with Gasteiger partial charge in [0.25, 0.3) is 0 Å². The van der Waals surface area contributed by atoms with Crippen LogP contribution in [0.3, 0.4) is 0 Å². The molecule has 2 aliphatic rings. The first-order valence-electron chi connectivity index (χ1n) is 9.80. The molecule has 4 rings (SSSR count). The summed E-state index contributed by atoms with van der Waals surface area (Å²) in [6.45, 7) is 1.64. The SMILES string of the molecule is COc1cccc(N2CC(C(=O)N3CCC(Oc4cnccn4)CC3)CC2=O)c1. The summed E-state index contributed by atoms with van der Waals surface area (Å²) in [7, 11) is 1.59. The predicted molar refractivity (Wildman–Crippen MR) is 106 cm³/mol. The molecular formula is C21H24N4O4. The molecule has 0 spiro atoms. The number of piperidine rings is 1. The second kappa shape index (κ2) is 8.46. The molecule has 0 radical (unpaired) electrons. The summed E-state index contributed by atoms with van der Waals surface area (Å²) in [5, 5.41) is 0. The third kappa shape index (κ3) is 4.31. The highest BCUT2D eigenvalue weighted by Crippen LogP contribution is 2.29. The molecule has 2 amide bonds. The van der Waals surface area contributed by atoms with Crippen LogP contribution < -0.4 is 14.4 Å². The molecule has 1 aromatic carbocycles. The number of likely N-dealkylation sites (tertiary alicyclic amines) is 1. The number of hydrogen-bond donors (Lipinski definition) is 0. The van der Waals surface area contributed by atoms with E-state index in [1.54, 1.807) is 30.6 Å². The van der Waals surface area contributed by atoms with Crippen molar-refractivity contribution in [2.24, 2.45) is 5.92 Å². The molecule has 1 atom stereocenters. The van der Waals surface area contributed by atoms with Crippen LogP contribution in [-0.4, -0.2) is 59.5 Å². The molecule has 2 saturated heterocycles. The van der Waals surface area contributed by atoms with Crippen molar-refractivity contribution in [3.05, 3.63) is 42.9 Å². The maximum absolute atomic E-state index is 13.0. The van der Waals surface area contributed by atoms with Crippen LogP contribution in [0, 0.1) is 5.92 Å². The minimum Gasteiger partial charge on any atom is -0.497 e. The zero-order chi connectivity index (χ0) is 20.2. The maximum atomic E-state index is 13.0. The Morgan fingerprint density at radius 3 is 2.76 bits per heavy atom. The van der Waals surface area contributed by atoms with Gasteiger partial charge in [0.15, 0.2) is 0 Å². The molecule has 0 aliphatic carbocycles. The molecule has 2 aromatic rings. The fourth-order valence-corrected chi connectivity index (χ4v) is 3.87. The molecule has 8 heteroatoms. The molecule has 8 nitrogen and oxygen atoms in total. The lowest BCUT2D eigenvalue weighted by atomic mass is 10.0. The van der Waals surface area contributed by atoms with Crippen molar-refractivity contribution in [1.29, 1.82) is 0 Å². The van der Waals surface area contributed by atoms with Crippen molar-refractivity contribution in [3.8, 4) is 11.6 Å². The summed E-state index contributed by atoms with van der Waals surface area (Å²) in [6, 6.07) is 7.36. The third-order valence-corrected chi connectivity index (χ3v) is 5.42. The predicted octanol–water partition coefficient (Wildman–Crippen LogP) is 1.91. The standard InChI is InChI=1S/C21H24N4O4/c1-28-18-4-2-3-16(12-18)25-14-15(11-20(25)26)21(27)24-9-5-17(6-10-24)29-19-13-22-7-8-23-19/h2-4,7-8,12-13,15,17H,5-6,9-11,14H2,1H3. The van der Waals surface area contributed by atoms with Crippen LogP contribution in [-0.2, 0) is 9.59 Å². The Balaban J connectivity index is 1.33. The second-order valence-electron chi connectivity index (χ2n) is 7.29. The van der Waals surface area contributed by atoms with Gasteiger partial charge in [-0.3, -0.25) is 14.6 Å². The smallest absolute Gasteiger partial charge is 0.232 e. The normalized spacial score (nSPS) is 20.0. The Labute approximate surface area is 169 Å². The molecule has 0 N–H and O–H groups in total. The molecule has 3 heterocycles. The lowest BCUT2D eigenvalue weighted by Crippen LogP contribution is -2.45.